The van der Waals surface area contributed by atoms with Crippen molar-refractivity contribution < 1.29 is 4.39 Å². The number of nitrogens with zero attached hydrogens (tertiary/aromatic N) is 1. The van der Waals surface area contributed by atoms with Gasteiger partial charge in [0.1, 0.15) is 5.82 Å². The molecule has 0 amide bonds. The van der Waals surface area contributed by atoms with Gasteiger partial charge in [-0.3, -0.25) is 4.90 Å². The summed E-state index contributed by atoms with van der Waals surface area (Å²) < 4.78 is 12.9. The summed E-state index contributed by atoms with van der Waals surface area (Å²) in [5, 5.41) is 3.25. The second-order valence-electron chi connectivity index (χ2n) is 4.30. The van der Waals surface area contributed by atoms with Gasteiger partial charge in [0, 0.05) is 24.8 Å². The summed E-state index contributed by atoms with van der Waals surface area (Å²) in [5.41, 5.74) is 0.867. The van der Waals surface area contributed by atoms with Gasteiger partial charge in [-0.25, -0.2) is 4.39 Å². The van der Waals surface area contributed by atoms with Crippen LogP contribution in [0.3, 0.4) is 0 Å². The molecule has 0 heterocycles. The number of nitrogens with one attached hydrogen (secondary N) is 1. The predicted molar refractivity (Wildman–Crippen MR) is 65.2 cm³/mol. The Balaban J connectivity index is 1.74. The van der Waals surface area contributed by atoms with Crippen LogP contribution in [0.25, 0.3) is 0 Å². The maximum Gasteiger partial charge on any atom is 0.125 e. The van der Waals surface area contributed by atoms with Gasteiger partial charge in [0.25, 0.3) is 0 Å². The van der Waals surface area contributed by atoms with Crippen molar-refractivity contribution in [3.05, 3.63) is 30.1 Å². The highest BCUT2D eigenvalue weighted by molar-refractivity contribution is 5.42. The topological polar surface area (TPSA) is 15.3 Å². The highest BCUT2D eigenvalue weighted by Crippen LogP contribution is 2.25. The second kappa shape index (κ2) is 5.30. The lowest BCUT2D eigenvalue weighted by molar-refractivity contribution is 0.289. The van der Waals surface area contributed by atoms with Gasteiger partial charge in [0.05, 0.1) is 0 Å². The molecule has 2 nitrogen and oxygen atoms in total. The van der Waals surface area contributed by atoms with Crippen LogP contribution in [-0.2, 0) is 0 Å². The van der Waals surface area contributed by atoms with E-state index in [-0.39, 0.29) is 5.82 Å². The number of hydrogen-bond acceptors (Lipinski definition) is 2. The van der Waals surface area contributed by atoms with E-state index in [0.717, 1.165) is 31.4 Å². The number of benzene rings is 1. The normalized spacial score (nSPS) is 15.4. The first-order chi connectivity index (χ1) is 7.79. The van der Waals surface area contributed by atoms with E-state index in [2.05, 4.69) is 17.1 Å². The lowest BCUT2D eigenvalue weighted by atomic mass is 10.3. The van der Waals surface area contributed by atoms with Gasteiger partial charge in [-0.2, -0.15) is 0 Å². The van der Waals surface area contributed by atoms with Crippen LogP contribution in [-0.4, -0.2) is 30.6 Å². The Kier molecular flexibility index (Phi) is 3.78. The zero-order valence-corrected chi connectivity index (χ0v) is 9.75. The molecule has 0 bridgehead atoms. The maximum atomic E-state index is 12.9. The van der Waals surface area contributed by atoms with E-state index >= 15 is 0 Å². The molecule has 0 saturated heterocycles. The standard InChI is InChI=1S/C13H19FN2/c1-2-16(13-6-7-13)9-8-15-12-5-3-4-11(14)10-12/h3-5,10,13,15H,2,6-9H2,1H3. The van der Waals surface area contributed by atoms with E-state index in [1.807, 2.05) is 6.07 Å². The minimum atomic E-state index is -0.181. The third-order valence-electron chi connectivity index (χ3n) is 3.02. The number of likely N-dealkylation sites (N-methyl/N-ethyl adjacent to an activating group) is 1. The Bertz CT molecular complexity index is 336. The largest absolute Gasteiger partial charge is 0.384 e. The monoisotopic (exact) mass is 222 g/mol. The summed E-state index contributed by atoms with van der Waals surface area (Å²) in [6, 6.07) is 7.44. The molecule has 1 aliphatic rings. The molecule has 0 spiro atoms. The van der Waals surface area contributed by atoms with Crippen LogP contribution in [0.1, 0.15) is 19.8 Å². The molecule has 0 aromatic heterocycles. The zero-order valence-electron chi connectivity index (χ0n) is 9.75. The lowest BCUT2D eigenvalue weighted by Crippen LogP contribution is -2.30. The third-order valence-corrected chi connectivity index (χ3v) is 3.02. The fraction of sp³-hybridized carbons (Fsp3) is 0.538. The summed E-state index contributed by atoms with van der Waals surface area (Å²) in [7, 11) is 0. The van der Waals surface area contributed by atoms with E-state index in [0.29, 0.717) is 0 Å². The molecule has 1 aliphatic carbocycles. The Morgan fingerprint density at radius 1 is 1.44 bits per heavy atom. The molecule has 1 aromatic carbocycles. The molecule has 1 N–H and O–H groups in total. The average molecular weight is 222 g/mol. The zero-order chi connectivity index (χ0) is 11.4. The summed E-state index contributed by atoms with van der Waals surface area (Å²) in [4.78, 5) is 2.48. The molecule has 1 aromatic rings. The minimum Gasteiger partial charge on any atom is -0.384 e. The van der Waals surface area contributed by atoms with Crippen molar-refractivity contribution in [2.45, 2.75) is 25.8 Å². The fourth-order valence-electron chi connectivity index (χ4n) is 1.98. The predicted octanol–water partition coefficient (Wildman–Crippen LogP) is 2.72. The van der Waals surface area contributed by atoms with Crippen LogP contribution in [0, 0.1) is 5.82 Å². The van der Waals surface area contributed by atoms with E-state index in [1.54, 1.807) is 6.07 Å². The van der Waals surface area contributed by atoms with Crippen LogP contribution in [0.2, 0.25) is 0 Å². The van der Waals surface area contributed by atoms with Crippen molar-refractivity contribution in [3.63, 3.8) is 0 Å². The van der Waals surface area contributed by atoms with Crippen LogP contribution in [0.5, 0.6) is 0 Å². The summed E-state index contributed by atoms with van der Waals surface area (Å²) in [6.07, 6.45) is 2.68. The van der Waals surface area contributed by atoms with Crippen molar-refractivity contribution in [2.24, 2.45) is 0 Å². The van der Waals surface area contributed by atoms with E-state index in [4.69, 9.17) is 0 Å². The van der Waals surface area contributed by atoms with Crippen LogP contribution in [0.4, 0.5) is 10.1 Å². The van der Waals surface area contributed by atoms with Gasteiger partial charge in [0.2, 0.25) is 0 Å². The summed E-state index contributed by atoms with van der Waals surface area (Å²) in [5.74, 6) is -0.181. The molecule has 0 aliphatic heterocycles. The van der Waals surface area contributed by atoms with Gasteiger partial charge in [0.15, 0.2) is 0 Å². The van der Waals surface area contributed by atoms with Crippen LogP contribution < -0.4 is 5.32 Å². The molecule has 0 atom stereocenters. The van der Waals surface area contributed by atoms with Crippen molar-refractivity contribution in [1.29, 1.82) is 0 Å². The molecular formula is C13H19FN2. The van der Waals surface area contributed by atoms with Crippen LogP contribution >= 0.6 is 0 Å². The third kappa shape index (κ3) is 3.20. The first-order valence-corrected chi connectivity index (χ1v) is 6.03. The van der Waals surface area contributed by atoms with Crippen molar-refractivity contribution in [2.75, 3.05) is 25.0 Å². The minimum absolute atomic E-state index is 0.181. The SMILES string of the molecule is CCN(CCNc1cccc(F)c1)C1CC1. The van der Waals surface area contributed by atoms with E-state index < -0.39 is 0 Å². The molecular weight excluding hydrogens is 203 g/mol. The molecule has 88 valence electrons. The van der Waals surface area contributed by atoms with Crippen molar-refractivity contribution >= 4 is 5.69 Å². The molecule has 1 saturated carbocycles. The Morgan fingerprint density at radius 2 is 2.25 bits per heavy atom. The molecule has 0 unspecified atom stereocenters. The summed E-state index contributed by atoms with van der Waals surface area (Å²) >= 11 is 0. The lowest BCUT2D eigenvalue weighted by Gasteiger charge is -2.20. The second-order valence-corrected chi connectivity index (χ2v) is 4.30. The van der Waals surface area contributed by atoms with Gasteiger partial charge in [-0.15, -0.1) is 0 Å². The van der Waals surface area contributed by atoms with Gasteiger partial charge in [-0.1, -0.05) is 13.0 Å². The van der Waals surface area contributed by atoms with Crippen molar-refractivity contribution in [1.82, 2.24) is 4.90 Å². The number of halogens is 1. The van der Waals surface area contributed by atoms with Gasteiger partial charge in [-0.05, 0) is 37.6 Å². The van der Waals surface area contributed by atoms with Crippen molar-refractivity contribution in [3.8, 4) is 0 Å². The molecule has 16 heavy (non-hydrogen) atoms. The Morgan fingerprint density at radius 3 is 2.88 bits per heavy atom. The number of hydrogen-bond donors (Lipinski definition) is 1. The fourth-order valence-corrected chi connectivity index (χ4v) is 1.98. The number of anilines is 1. The van der Waals surface area contributed by atoms with Gasteiger partial charge < -0.3 is 5.32 Å². The smallest absolute Gasteiger partial charge is 0.125 e. The summed E-state index contributed by atoms with van der Waals surface area (Å²) in [6.45, 7) is 5.22. The van der Waals surface area contributed by atoms with Crippen LogP contribution in [0.15, 0.2) is 24.3 Å². The van der Waals surface area contributed by atoms with E-state index in [1.165, 1.54) is 25.0 Å². The average Bonchev–Trinajstić information content (AvgIpc) is 3.08. The molecule has 0 radical (unpaired) electrons. The first kappa shape index (κ1) is 11.4. The Labute approximate surface area is 96.5 Å². The molecule has 2 rings (SSSR count). The quantitative estimate of drug-likeness (QED) is 0.796. The highest BCUT2D eigenvalue weighted by Gasteiger charge is 2.26. The molecule has 3 heteroatoms. The van der Waals surface area contributed by atoms with Gasteiger partial charge >= 0.3 is 0 Å². The Hall–Kier alpha value is -1.09. The number of rotatable bonds is 6. The highest BCUT2D eigenvalue weighted by atomic mass is 19.1. The molecule has 1 fully saturated rings. The maximum absolute atomic E-state index is 12.9. The van der Waals surface area contributed by atoms with E-state index in [9.17, 15) is 4.39 Å². The first-order valence-electron chi connectivity index (χ1n) is 6.03.